The predicted molar refractivity (Wildman–Crippen MR) is 290 cm³/mol. The second-order valence-electron chi connectivity index (χ2n) is 17.7. The van der Waals surface area contributed by atoms with Gasteiger partial charge in [-0.15, -0.1) is 0 Å². The molecule has 324 valence electrons. The Morgan fingerprint density at radius 3 is 1.25 bits per heavy atom. The average molecular weight is 881 g/mol. The van der Waals surface area contributed by atoms with Crippen molar-refractivity contribution in [1.82, 2.24) is 4.57 Å². The van der Waals surface area contributed by atoms with Crippen molar-refractivity contribution in [3.05, 3.63) is 267 Å². The summed E-state index contributed by atoms with van der Waals surface area (Å²) in [4.78, 5) is 2.37. The third-order valence-electron chi connectivity index (χ3n) is 13.6. The molecule has 0 atom stereocenters. The van der Waals surface area contributed by atoms with Gasteiger partial charge in [-0.1, -0.05) is 188 Å². The van der Waals surface area contributed by atoms with E-state index in [1.807, 2.05) is 6.07 Å². The predicted octanol–water partition coefficient (Wildman–Crippen LogP) is 18.5. The Bertz CT molecular complexity index is 3930. The first-order valence-corrected chi connectivity index (χ1v) is 23.6. The molecule has 0 spiro atoms. The molecule has 0 amide bonds. The maximum atomic E-state index is 6.51. The summed E-state index contributed by atoms with van der Waals surface area (Å²) < 4.78 is 8.89. The van der Waals surface area contributed by atoms with Gasteiger partial charge < -0.3 is 13.9 Å². The van der Waals surface area contributed by atoms with Crippen LogP contribution in [0.3, 0.4) is 0 Å². The normalized spacial score (nSPS) is 11.5. The minimum atomic E-state index is 0.884. The smallest absolute Gasteiger partial charge is 0.136 e. The molecule has 2 heterocycles. The van der Waals surface area contributed by atoms with Gasteiger partial charge in [-0.3, -0.25) is 0 Å². The molecule has 0 saturated carbocycles. The number of rotatable bonds is 9. The maximum absolute atomic E-state index is 6.51. The van der Waals surface area contributed by atoms with Crippen molar-refractivity contribution < 1.29 is 4.42 Å². The fourth-order valence-corrected chi connectivity index (χ4v) is 10.2. The first-order valence-electron chi connectivity index (χ1n) is 23.6. The third kappa shape index (κ3) is 7.25. The molecule has 0 saturated heterocycles. The molecule has 0 aliphatic rings. The number of benzene rings is 11. The summed E-state index contributed by atoms with van der Waals surface area (Å²) in [5.41, 5.74) is 20.2. The highest BCUT2D eigenvalue weighted by Gasteiger charge is 2.19. The molecule has 3 nitrogen and oxygen atoms in total. The van der Waals surface area contributed by atoms with E-state index in [4.69, 9.17) is 4.42 Å². The van der Waals surface area contributed by atoms with Crippen LogP contribution in [0.25, 0.3) is 105 Å². The number of hydrogen-bond acceptors (Lipinski definition) is 2. The molecule has 69 heavy (non-hydrogen) atoms. The standard InChI is InChI=1S/C66H44N2O/c1-3-14-45(15-4-1)52-34-40-60-61-41-35-53(44-66(61)69-65(60)43-52)49-32-38-55(39-33-49)67(62-23-10-7-20-57(62)50-16-5-2-6-17-50)54-36-30-47(31-37-54)46-26-28-48(29-27-46)51-18-13-19-56(42-51)68-63-24-11-8-21-58(63)59-22-9-12-25-64(59)68/h1-44H. The van der Waals surface area contributed by atoms with Gasteiger partial charge in [0.2, 0.25) is 0 Å². The summed E-state index contributed by atoms with van der Waals surface area (Å²) in [7, 11) is 0. The molecule has 0 aliphatic heterocycles. The van der Waals surface area contributed by atoms with Crippen molar-refractivity contribution in [2.24, 2.45) is 0 Å². The van der Waals surface area contributed by atoms with E-state index in [0.29, 0.717) is 0 Å². The zero-order chi connectivity index (χ0) is 45.7. The van der Waals surface area contributed by atoms with Gasteiger partial charge in [0.05, 0.1) is 16.7 Å². The number of furan rings is 1. The van der Waals surface area contributed by atoms with Gasteiger partial charge in [-0.2, -0.15) is 0 Å². The molecule has 3 heteroatoms. The number of hydrogen-bond donors (Lipinski definition) is 0. The van der Waals surface area contributed by atoms with Crippen LogP contribution in [0.4, 0.5) is 17.1 Å². The van der Waals surface area contributed by atoms with Crippen molar-refractivity contribution in [3.63, 3.8) is 0 Å². The average Bonchev–Trinajstić information content (AvgIpc) is 3.97. The van der Waals surface area contributed by atoms with Gasteiger partial charge >= 0.3 is 0 Å². The summed E-state index contributed by atoms with van der Waals surface area (Å²) in [6.45, 7) is 0. The summed E-state index contributed by atoms with van der Waals surface area (Å²) in [5, 5.41) is 4.78. The lowest BCUT2D eigenvalue weighted by Gasteiger charge is -2.28. The van der Waals surface area contributed by atoms with Crippen molar-refractivity contribution in [2.75, 3.05) is 4.90 Å². The molecule has 0 bridgehead atoms. The van der Waals surface area contributed by atoms with Crippen molar-refractivity contribution in [2.45, 2.75) is 0 Å². The van der Waals surface area contributed by atoms with Gasteiger partial charge in [-0.05, 0) is 129 Å². The molecule has 0 unspecified atom stereocenters. The minimum absolute atomic E-state index is 0.884. The lowest BCUT2D eigenvalue weighted by Crippen LogP contribution is -2.11. The molecule has 13 rings (SSSR count). The highest BCUT2D eigenvalue weighted by Crippen LogP contribution is 2.43. The number of nitrogens with zero attached hydrogens (tertiary/aromatic N) is 2. The van der Waals surface area contributed by atoms with Crippen LogP contribution >= 0.6 is 0 Å². The van der Waals surface area contributed by atoms with Gasteiger partial charge in [0.1, 0.15) is 11.2 Å². The van der Waals surface area contributed by atoms with Crippen LogP contribution in [-0.2, 0) is 0 Å². The van der Waals surface area contributed by atoms with Gasteiger partial charge in [0, 0.05) is 44.2 Å². The summed E-state index contributed by atoms with van der Waals surface area (Å²) in [6.07, 6.45) is 0. The zero-order valence-corrected chi connectivity index (χ0v) is 37.7. The molecular formula is C66H44N2O. The Morgan fingerprint density at radius 2 is 0.681 bits per heavy atom. The third-order valence-corrected chi connectivity index (χ3v) is 13.6. The van der Waals surface area contributed by atoms with Crippen LogP contribution in [0, 0.1) is 0 Å². The monoisotopic (exact) mass is 880 g/mol. The van der Waals surface area contributed by atoms with E-state index in [2.05, 4.69) is 270 Å². The van der Waals surface area contributed by atoms with Gasteiger partial charge in [-0.25, -0.2) is 0 Å². The SMILES string of the molecule is c1ccc(-c2ccc3c(c2)oc2cc(-c4ccc(N(c5ccc(-c6ccc(-c7cccc(-n8c9ccccc9c9ccccc98)c7)cc6)cc5)c5ccccc5-c5ccccc5)cc4)ccc23)cc1. The Balaban J connectivity index is 0.817. The van der Waals surface area contributed by atoms with Gasteiger partial charge in [0.15, 0.2) is 0 Å². The second-order valence-corrected chi connectivity index (χ2v) is 17.7. The molecule has 0 fully saturated rings. The topological polar surface area (TPSA) is 21.3 Å². The molecule has 0 N–H and O–H groups in total. The summed E-state index contributed by atoms with van der Waals surface area (Å²) in [5.74, 6) is 0. The Morgan fingerprint density at radius 1 is 0.275 bits per heavy atom. The minimum Gasteiger partial charge on any atom is -0.456 e. The number of anilines is 3. The highest BCUT2D eigenvalue weighted by atomic mass is 16.3. The molecular weight excluding hydrogens is 837 g/mol. The number of aromatic nitrogens is 1. The molecule has 0 aliphatic carbocycles. The van der Waals surface area contributed by atoms with E-state index >= 15 is 0 Å². The van der Waals surface area contributed by atoms with E-state index in [1.54, 1.807) is 0 Å². The fourth-order valence-electron chi connectivity index (χ4n) is 10.2. The molecule has 0 radical (unpaired) electrons. The van der Waals surface area contributed by atoms with Crippen LogP contribution in [0.2, 0.25) is 0 Å². The van der Waals surface area contributed by atoms with Crippen LogP contribution in [0.1, 0.15) is 0 Å². The molecule has 13 aromatic rings. The Kier molecular flexibility index (Phi) is 9.84. The van der Waals surface area contributed by atoms with E-state index < -0.39 is 0 Å². The van der Waals surface area contributed by atoms with Crippen molar-refractivity contribution in [3.8, 4) is 61.3 Å². The number of fused-ring (bicyclic) bond motifs is 6. The molecule has 11 aromatic carbocycles. The van der Waals surface area contributed by atoms with E-state index in [1.165, 1.54) is 49.6 Å². The van der Waals surface area contributed by atoms with E-state index in [0.717, 1.165) is 72.5 Å². The molecule has 2 aromatic heterocycles. The summed E-state index contributed by atoms with van der Waals surface area (Å²) >= 11 is 0. The Labute approximate surface area is 401 Å². The Hall–Kier alpha value is -9.18. The largest absolute Gasteiger partial charge is 0.456 e. The van der Waals surface area contributed by atoms with Crippen molar-refractivity contribution >= 4 is 60.8 Å². The maximum Gasteiger partial charge on any atom is 0.136 e. The lowest BCUT2D eigenvalue weighted by molar-refractivity contribution is 0.669. The lowest BCUT2D eigenvalue weighted by atomic mass is 9.99. The second kappa shape index (κ2) is 16.9. The fraction of sp³-hybridized carbons (Fsp3) is 0. The first-order chi connectivity index (χ1) is 34.2. The van der Waals surface area contributed by atoms with Crippen LogP contribution in [0.5, 0.6) is 0 Å². The van der Waals surface area contributed by atoms with Gasteiger partial charge in [0.25, 0.3) is 0 Å². The zero-order valence-electron chi connectivity index (χ0n) is 37.7. The van der Waals surface area contributed by atoms with Crippen LogP contribution < -0.4 is 4.90 Å². The quantitative estimate of drug-likeness (QED) is 0.144. The van der Waals surface area contributed by atoms with Crippen molar-refractivity contribution in [1.29, 1.82) is 0 Å². The highest BCUT2D eigenvalue weighted by molar-refractivity contribution is 6.09. The summed E-state index contributed by atoms with van der Waals surface area (Å²) in [6, 6.07) is 95.9. The van der Waals surface area contributed by atoms with E-state index in [-0.39, 0.29) is 0 Å². The first kappa shape index (κ1) is 40.1. The van der Waals surface area contributed by atoms with E-state index in [9.17, 15) is 0 Å². The van der Waals surface area contributed by atoms with Crippen LogP contribution in [-0.4, -0.2) is 4.57 Å². The van der Waals surface area contributed by atoms with Crippen LogP contribution in [0.15, 0.2) is 271 Å². The number of para-hydroxylation sites is 3.